The van der Waals surface area contributed by atoms with Crippen molar-refractivity contribution in [2.75, 3.05) is 25.5 Å². The highest BCUT2D eigenvalue weighted by Crippen LogP contribution is 2.30. The van der Waals surface area contributed by atoms with Gasteiger partial charge in [0, 0.05) is 13.1 Å². The standard InChI is InChI=1S/C22H28N2O4S/c1-16-7-8-18(13-17(16)2)14-22(25)23-20-15-19(9-10-21(20)28-3)29(26,27)24-11-5-4-6-12-24/h7-10,13,15H,4-6,11-12,14H2,1-3H3,(H,23,25). The summed E-state index contributed by atoms with van der Waals surface area (Å²) >= 11 is 0. The molecule has 1 aliphatic heterocycles. The smallest absolute Gasteiger partial charge is 0.243 e. The number of carbonyl (C=O) groups is 1. The quantitative estimate of drug-likeness (QED) is 0.780. The average molecular weight is 417 g/mol. The summed E-state index contributed by atoms with van der Waals surface area (Å²) in [7, 11) is -2.09. The number of ether oxygens (including phenoxy) is 1. The predicted molar refractivity (Wildman–Crippen MR) is 114 cm³/mol. The van der Waals surface area contributed by atoms with Crippen LogP contribution in [0.3, 0.4) is 0 Å². The summed E-state index contributed by atoms with van der Waals surface area (Å²) in [4.78, 5) is 12.8. The van der Waals surface area contributed by atoms with Crippen LogP contribution in [0.25, 0.3) is 0 Å². The first kappa shape index (κ1) is 21.3. The molecule has 0 spiro atoms. The van der Waals surface area contributed by atoms with E-state index in [0.29, 0.717) is 24.5 Å². The van der Waals surface area contributed by atoms with Gasteiger partial charge in [0.2, 0.25) is 15.9 Å². The second-order valence-corrected chi connectivity index (χ2v) is 9.41. The van der Waals surface area contributed by atoms with E-state index in [1.807, 2.05) is 32.0 Å². The first-order valence-corrected chi connectivity index (χ1v) is 11.3. The number of amides is 1. The fraction of sp³-hybridized carbons (Fsp3) is 0.409. The van der Waals surface area contributed by atoms with Crippen LogP contribution >= 0.6 is 0 Å². The summed E-state index contributed by atoms with van der Waals surface area (Å²) in [5, 5.41) is 2.81. The van der Waals surface area contributed by atoms with Crippen molar-refractivity contribution >= 4 is 21.6 Å². The topological polar surface area (TPSA) is 75.7 Å². The third-order valence-corrected chi connectivity index (χ3v) is 7.23. The first-order chi connectivity index (χ1) is 13.8. The normalized spacial score (nSPS) is 15.1. The minimum Gasteiger partial charge on any atom is -0.495 e. The minimum absolute atomic E-state index is 0.168. The average Bonchev–Trinajstić information content (AvgIpc) is 2.71. The summed E-state index contributed by atoms with van der Waals surface area (Å²) in [6.45, 7) is 5.10. The molecule has 156 valence electrons. The Bertz CT molecular complexity index is 996. The highest BCUT2D eigenvalue weighted by Gasteiger charge is 2.27. The Morgan fingerprint density at radius 3 is 2.41 bits per heavy atom. The second-order valence-electron chi connectivity index (χ2n) is 7.47. The summed E-state index contributed by atoms with van der Waals surface area (Å²) in [6.07, 6.45) is 2.99. The van der Waals surface area contributed by atoms with E-state index in [1.165, 1.54) is 29.1 Å². The Hall–Kier alpha value is -2.38. The molecule has 0 radical (unpaired) electrons. The molecule has 0 unspecified atom stereocenters. The van der Waals surface area contributed by atoms with E-state index < -0.39 is 10.0 Å². The number of hydrogen-bond donors (Lipinski definition) is 1. The van der Waals surface area contributed by atoms with Gasteiger partial charge in [0.05, 0.1) is 24.1 Å². The molecule has 0 aromatic heterocycles. The van der Waals surface area contributed by atoms with Crippen LogP contribution in [0.15, 0.2) is 41.3 Å². The molecule has 1 aliphatic rings. The molecule has 7 heteroatoms. The Morgan fingerprint density at radius 2 is 1.76 bits per heavy atom. The van der Waals surface area contributed by atoms with E-state index >= 15 is 0 Å². The molecule has 1 N–H and O–H groups in total. The number of sulfonamides is 1. The summed E-state index contributed by atoms with van der Waals surface area (Å²) in [5.41, 5.74) is 3.56. The van der Waals surface area contributed by atoms with Crippen molar-refractivity contribution in [2.24, 2.45) is 0 Å². The van der Waals surface area contributed by atoms with Crippen LogP contribution in [0.1, 0.15) is 36.0 Å². The van der Waals surface area contributed by atoms with Crippen molar-refractivity contribution in [1.82, 2.24) is 4.31 Å². The summed E-state index contributed by atoms with van der Waals surface area (Å²) in [6, 6.07) is 10.5. The van der Waals surface area contributed by atoms with Crippen molar-refractivity contribution < 1.29 is 17.9 Å². The lowest BCUT2D eigenvalue weighted by atomic mass is 10.0. The highest BCUT2D eigenvalue weighted by atomic mass is 32.2. The van der Waals surface area contributed by atoms with Gasteiger partial charge in [-0.15, -0.1) is 0 Å². The molecule has 2 aromatic rings. The Labute approximate surface area is 172 Å². The van der Waals surface area contributed by atoms with Gasteiger partial charge < -0.3 is 10.1 Å². The van der Waals surface area contributed by atoms with Crippen molar-refractivity contribution in [3.8, 4) is 5.75 Å². The van der Waals surface area contributed by atoms with Gasteiger partial charge in [-0.05, 0) is 61.6 Å². The molecule has 0 bridgehead atoms. The summed E-state index contributed by atoms with van der Waals surface area (Å²) < 4.78 is 32.7. The fourth-order valence-corrected chi connectivity index (χ4v) is 5.04. The van der Waals surface area contributed by atoms with E-state index in [0.717, 1.165) is 30.4 Å². The molecule has 0 aliphatic carbocycles. The largest absolute Gasteiger partial charge is 0.495 e. The molecule has 1 heterocycles. The van der Waals surface area contributed by atoms with Gasteiger partial charge in [-0.25, -0.2) is 8.42 Å². The first-order valence-electron chi connectivity index (χ1n) is 9.85. The van der Waals surface area contributed by atoms with E-state index in [-0.39, 0.29) is 17.2 Å². The van der Waals surface area contributed by atoms with Crippen molar-refractivity contribution in [3.05, 3.63) is 53.1 Å². The van der Waals surface area contributed by atoms with Crippen LogP contribution in [0.5, 0.6) is 5.75 Å². The Balaban J connectivity index is 1.81. The van der Waals surface area contributed by atoms with Crippen molar-refractivity contribution in [1.29, 1.82) is 0 Å². The lowest BCUT2D eigenvalue weighted by molar-refractivity contribution is -0.115. The zero-order chi connectivity index (χ0) is 21.0. The van der Waals surface area contributed by atoms with E-state index in [2.05, 4.69) is 5.32 Å². The molecule has 1 fully saturated rings. The molecular weight excluding hydrogens is 388 g/mol. The molecule has 0 saturated carbocycles. The molecule has 1 amide bonds. The second kappa shape index (κ2) is 8.97. The number of nitrogens with one attached hydrogen (secondary N) is 1. The lowest BCUT2D eigenvalue weighted by Gasteiger charge is -2.26. The number of anilines is 1. The molecule has 29 heavy (non-hydrogen) atoms. The summed E-state index contributed by atoms with van der Waals surface area (Å²) in [5.74, 6) is 0.204. The number of rotatable bonds is 6. The highest BCUT2D eigenvalue weighted by molar-refractivity contribution is 7.89. The molecule has 6 nitrogen and oxygen atoms in total. The van der Waals surface area contributed by atoms with Crippen molar-refractivity contribution in [3.63, 3.8) is 0 Å². The third kappa shape index (κ3) is 4.97. The van der Waals surface area contributed by atoms with Crippen LogP contribution in [-0.2, 0) is 21.2 Å². The molecular formula is C22H28N2O4S. The van der Waals surface area contributed by atoms with Crippen LogP contribution in [0, 0.1) is 13.8 Å². The number of methoxy groups -OCH3 is 1. The van der Waals surface area contributed by atoms with Crippen LogP contribution < -0.4 is 10.1 Å². The van der Waals surface area contributed by atoms with Gasteiger partial charge in [-0.2, -0.15) is 4.31 Å². The Kier molecular flexibility index (Phi) is 6.59. The third-order valence-electron chi connectivity index (χ3n) is 5.33. The van der Waals surface area contributed by atoms with Crippen LogP contribution in [-0.4, -0.2) is 38.8 Å². The van der Waals surface area contributed by atoms with E-state index in [9.17, 15) is 13.2 Å². The van der Waals surface area contributed by atoms with Gasteiger partial charge in [0.15, 0.2) is 0 Å². The van der Waals surface area contributed by atoms with Gasteiger partial charge in [-0.3, -0.25) is 4.79 Å². The monoisotopic (exact) mass is 416 g/mol. The zero-order valence-corrected chi connectivity index (χ0v) is 18.0. The Morgan fingerprint density at radius 1 is 1.03 bits per heavy atom. The van der Waals surface area contributed by atoms with Crippen LogP contribution in [0.2, 0.25) is 0 Å². The maximum absolute atomic E-state index is 13.0. The predicted octanol–water partition coefficient (Wildman–Crippen LogP) is 3.67. The van der Waals surface area contributed by atoms with Gasteiger partial charge in [-0.1, -0.05) is 24.6 Å². The minimum atomic E-state index is -3.59. The van der Waals surface area contributed by atoms with Crippen LogP contribution in [0.4, 0.5) is 5.69 Å². The fourth-order valence-electron chi connectivity index (χ4n) is 3.49. The lowest BCUT2D eigenvalue weighted by Crippen LogP contribution is -2.35. The number of carbonyl (C=O) groups excluding carboxylic acids is 1. The van der Waals surface area contributed by atoms with E-state index in [1.54, 1.807) is 6.07 Å². The molecule has 0 atom stereocenters. The number of benzene rings is 2. The molecule has 2 aromatic carbocycles. The number of aryl methyl sites for hydroxylation is 2. The van der Waals surface area contributed by atoms with Gasteiger partial charge in [0.25, 0.3) is 0 Å². The zero-order valence-electron chi connectivity index (χ0n) is 17.2. The number of piperidine rings is 1. The van der Waals surface area contributed by atoms with Gasteiger partial charge in [0.1, 0.15) is 5.75 Å². The maximum Gasteiger partial charge on any atom is 0.243 e. The number of nitrogens with zero attached hydrogens (tertiary/aromatic N) is 1. The van der Waals surface area contributed by atoms with Gasteiger partial charge >= 0.3 is 0 Å². The SMILES string of the molecule is COc1ccc(S(=O)(=O)N2CCCCC2)cc1NC(=O)Cc1ccc(C)c(C)c1. The molecule has 3 rings (SSSR count). The molecule has 1 saturated heterocycles. The maximum atomic E-state index is 13.0. The van der Waals surface area contributed by atoms with E-state index in [4.69, 9.17) is 4.74 Å². The number of hydrogen-bond acceptors (Lipinski definition) is 4. The van der Waals surface area contributed by atoms with Crippen molar-refractivity contribution in [2.45, 2.75) is 44.4 Å².